The van der Waals surface area contributed by atoms with Crippen LogP contribution in [0.4, 0.5) is 5.69 Å². The first kappa shape index (κ1) is 19.4. The van der Waals surface area contributed by atoms with E-state index in [0.717, 1.165) is 5.56 Å². The smallest absolute Gasteiger partial charge is 0.313 e. The first-order chi connectivity index (χ1) is 13.8. The van der Waals surface area contributed by atoms with Gasteiger partial charge in [-0.15, -0.1) is 0 Å². The number of nitriles is 1. The van der Waals surface area contributed by atoms with Gasteiger partial charge in [0.05, 0.1) is 17.1 Å². The molecule has 2 heterocycles. The van der Waals surface area contributed by atoms with Crippen LogP contribution < -0.4 is 10.6 Å². The van der Waals surface area contributed by atoms with Crippen molar-refractivity contribution in [3.8, 4) is 6.07 Å². The Labute approximate surface area is 168 Å². The van der Waals surface area contributed by atoms with E-state index in [4.69, 9.17) is 0 Å². The quantitative estimate of drug-likeness (QED) is 0.607. The van der Waals surface area contributed by atoms with Gasteiger partial charge in [0.25, 0.3) is 0 Å². The second-order valence-electron chi connectivity index (χ2n) is 8.61. The number of likely N-dealkylation sites (tertiary alicyclic amines) is 1. The number of nitrogens with one attached hydrogen (secondary N) is 2. The van der Waals surface area contributed by atoms with E-state index in [-0.39, 0.29) is 24.9 Å². The summed E-state index contributed by atoms with van der Waals surface area (Å²) in [7, 11) is 0. The fraction of sp³-hybridized carbons (Fsp3) is 0.524. The predicted molar refractivity (Wildman–Crippen MR) is 104 cm³/mol. The minimum atomic E-state index is -1.00. The van der Waals surface area contributed by atoms with Gasteiger partial charge in [-0.05, 0) is 44.2 Å². The lowest BCUT2D eigenvalue weighted by atomic mass is 9.80. The van der Waals surface area contributed by atoms with Gasteiger partial charge in [0.15, 0.2) is 0 Å². The molecule has 2 aliphatic heterocycles. The molecule has 3 N–H and O–H groups in total. The molecule has 8 nitrogen and oxygen atoms in total. The molecule has 3 aliphatic rings. The molecule has 1 aromatic rings. The number of carbonyl (C=O) groups excluding carboxylic acids is 3. The average Bonchev–Trinajstić information content (AvgIpc) is 3.22. The molecular formula is C21H24N4O4. The molecule has 0 unspecified atom stereocenters. The van der Waals surface area contributed by atoms with E-state index < -0.39 is 28.9 Å². The van der Waals surface area contributed by atoms with Crippen molar-refractivity contribution in [1.29, 1.82) is 5.26 Å². The summed E-state index contributed by atoms with van der Waals surface area (Å²) in [6, 6.07) is 8.29. The second-order valence-corrected chi connectivity index (χ2v) is 8.61. The summed E-state index contributed by atoms with van der Waals surface area (Å²) in [5.74, 6) is -1.80. The van der Waals surface area contributed by atoms with Gasteiger partial charge in [0.2, 0.25) is 5.91 Å². The third-order valence-electron chi connectivity index (χ3n) is 6.49. The number of fused-ring (bicyclic) bond motifs is 2. The fourth-order valence-corrected chi connectivity index (χ4v) is 4.73. The Morgan fingerprint density at radius 2 is 2.00 bits per heavy atom. The van der Waals surface area contributed by atoms with E-state index in [1.54, 1.807) is 13.0 Å². The number of aliphatic hydroxyl groups is 1. The number of hydrogen-bond acceptors (Lipinski definition) is 5. The van der Waals surface area contributed by atoms with Crippen molar-refractivity contribution >= 4 is 23.4 Å². The molecule has 4 rings (SSSR count). The molecule has 8 heteroatoms. The fourth-order valence-electron chi connectivity index (χ4n) is 4.73. The summed E-state index contributed by atoms with van der Waals surface area (Å²) in [5, 5.41) is 25.2. The van der Waals surface area contributed by atoms with E-state index in [2.05, 4.69) is 16.7 Å². The van der Waals surface area contributed by atoms with Crippen LogP contribution in [0, 0.1) is 11.3 Å². The number of hydrogen-bond donors (Lipinski definition) is 3. The predicted octanol–water partition coefficient (Wildman–Crippen LogP) is 0.811. The molecule has 1 spiro atoms. The summed E-state index contributed by atoms with van der Waals surface area (Å²) in [4.78, 5) is 39.4. The first-order valence-electron chi connectivity index (χ1n) is 9.90. The van der Waals surface area contributed by atoms with E-state index in [0.29, 0.717) is 31.4 Å². The third-order valence-corrected chi connectivity index (χ3v) is 6.49. The largest absolute Gasteiger partial charge is 0.390 e. The van der Waals surface area contributed by atoms with Crippen LogP contribution in [0.2, 0.25) is 0 Å². The molecule has 29 heavy (non-hydrogen) atoms. The molecule has 152 valence electrons. The molecule has 0 aromatic heterocycles. The van der Waals surface area contributed by atoms with Crippen molar-refractivity contribution in [2.45, 2.75) is 62.1 Å². The van der Waals surface area contributed by atoms with Crippen LogP contribution in [-0.4, -0.2) is 52.0 Å². The zero-order chi connectivity index (χ0) is 20.8. The highest BCUT2D eigenvalue weighted by atomic mass is 16.3. The summed E-state index contributed by atoms with van der Waals surface area (Å²) in [5.41, 5.74) is -0.296. The molecule has 1 saturated carbocycles. The maximum atomic E-state index is 12.9. The Morgan fingerprint density at radius 3 is 2.69 bits per heavy atom. The van der Waals surface area contributed by atoms with Crippen molar-refractivity contribution in [3.63, 3.8) is 0 Å². The van der Waals surface area contributed by atoms with Crippen LogP contribution in [-0.2, 0) is 19.8 Å². The van der Waals surface area contributed by atoms with Crippen molar-refractivity contribution in [2.75, 3.05) is 11.9 Å². The molecule has 0 bridgehead atoms. The standard InChI is InChI=1S/C21H24N4O4/c1-20(29)8-6-13(7-9-20)23-17(26)18(27)25-12-21(10-14(25)11-22)15-4-2-3-5-16(15)24-19(21)28/h2-5,13-14,29H,6-10,12H2,1H3,(H,23,26)(H,24,28)/t13-,14-,20-,21-/m0/s1. The van der Waals surface area contributed by atoms with E-state index in [9.17, 15) is 24.8 Å². The summed E-state index contributed by atoms with van der Waals surface area (Å²) < 4.78 is 0. The molecule has 3 amide bonds. The zero-order valence-electron chi connectivity index (χ0n) is 16.3. The lowest BCUT2D eigenvalue weighted by Gasteiger charge is -2.33. The van der Waals surface area contributed by atoms with Crippen LogP contribution in [0.15, 0.2) is 24.3 Å². The molecule has 1 saturated heterocycles. The minimum absolute atomic E-state index is 0.000293. The molecule has 0 radical (unpaired) electrons. The van der Waals surface area contributed by atoms with E-state index >= 15 is 0 Å². The second kappa shape index (κ2) is 6.85. The number of anilines is 1. The average molecular weight is 396 g/mol. The number of para-hydroxylation sites is 1. The summed E-state index contributed by atoms with van der Waals surface area (Å²) in [6.45, 7) is 1.77. The number of carbonyl (C=O) groups is 3. The SMILES string of the molecule is C[C@]1(O)CC[C@H](NC(=O)C(=O)N2C[C@]3(C[C@H]2C#N)C(=O)Nc2ccccc23)CC1. The van der Waals surface area contributed by atoms with Crippen LogP contribution in [0.3, 0.4) is 0 Å². The molecule has 2 atom stereocenters. The van der Waals surface area contributed by atoms with Gasteiger partial charge in [-0.1, -0.05) is 18.2 Å². The van der Waals surface area contributed by atoms with Gasteiger partial charge in [0, 0.05) is 24.7 Å². The Kier molecular flexibility index (Phi) is 4.58. The number of benzene rings is 1. The highest BCUT2D eigenvalue weighted by Crippen LogP contribution is 2.46. The number of nitrogens with zero attached hydrogens (tertiary/aromatic N) is 2. The Bertz CT molecular complexity index is 912. The van der Waals surface area contributed by atoms with Crippen LogP contribution in [0.25, 0.3) is 0 Å². The monoisotopic (exact) mass is 396 g/mol. The molecular weight excluding hydrogens is 372 g/mol. The minimum Gasteiger partial charge on any atom is -0.390 e. The maximum Gasteiger partial charge on any atom is 0.313 e. The highest BCUT2D eigenvalue weighted by molar-refractivity contribution is 6.35. The van der Waals surface area contributed by atoms with E-state index in [1.165, 1.54) is 4.90 Å². The van der Waals surface area contributed by atoms with Crippen molar-refractivity contribution < 1.29 is 19.5 Å². The zero-order valence-corrected chi connectivity index (χ0v) is 16.3. The van der Waals surface area contributed by atoms with Crippen LogP contribution in [0.5, 0.6) is 0 Å². The van der Waals surface area contributed by atoms with Crippen molar-refractivity contribution in [2.24, 2.45) is 0 Å². The summed E-state index contributed by atoms with van der Waals surface area (Å²) >= 11 is 0. The molecule has 1 aromatic carbocycles. The van der Waals surface area contributed by atoms with Crippen LogP contribution in [0.1, 0.15) is 44.6 Å². The van der Waals surface area contributed by atoms with Gasteiger partial charge >= 0.3 is 11.8 Å². The lowest BCUT2D eigenvalue weighted by molar-refractivity contribution is -0.146. The maximum absolute atomic E-state index is 12.9. The normalized spacial score (nSPS) is 33.1. The van der Waals surface area contributed by atoms with Gasteiger partial charge in [0.1, 0.15) is 6.04 Å². The van der Waals surface area contributed by atoms with Gasteiger partial charge in [-0.2, -0.15) is 5.26 Å². The highest BCUT2D eigenvalue weighted by Gasteiger charge is 2.56. The Balaban J connectivity index is 1.50. The van der Waals surface area contributed by atoms with Crippen molar-refractivity contribution in [3.05, 3.63) is 29.8 Å². The van der Waals surface area contributed by atoms with Crippen LogP contribution >= 0.6 is 0 Å². The summed E-state index contributed by atoms with van der Waals surface area (Å²) in [6.07, 6.45) is 2.45. The number of rotatable bonds is 1. The van der Waals surface area contributed by atoms with E-state index in [1.807, 2.05) is 18.2 Å². The Morgan fingerprint density at radius 1 is 1.31 bits per heavy atom. The topological polar surface area (TPSA) is 123 Å². The third kappa shape index (κ3) is 3.25. The van der Waals surface area contributed by atoms with Gasteiger partial charge < -0.3 is 20.6 Å². The van der Waals surface area contributed by atoms with Crippen molar-refractivity contribution in [1.82, 2.24) is 10.2 Å². The lowest BCUT2D eigenvalue weighted by Crippen LogP contribution is -2.50. The van der Waals surface area contributed by atoms with Gasteiger partial charge in [-0.3, -0.25) is 14.4 Å². The first-order valence-corrected chi connectivity index (χ1v) is 9.90. The van der Waals surface area contributed by atoms with Gasteiger partial charge in [-0.25, -0.2) is 0 Å². The molecule has 1 aliphatic carbocycles. The Hall–Kier alpha value is -2.92. The molecule has 2 fully saturated rings. The number of amides is 3.